The van der Waals surface area contributed by atoms with Crippen molar-refractivity contribution in [3.05, 3.63) is 18.3 Å². The maximum absolute atomic E-state index is 12.1. The lowest BCUT2D eigenvalue weighted by Gasteiger charge is -2.26. The van der Waals surface area contributed by atoms with Crippen LogP contribution in [-0.2, 0) is 14.8 Å². The number of amides is 1. The summed E-state index contributed by atoms with van der Waals surface area (Å²) in [6, 6.07) is 2.89. The predicted octanol–water partition coefficient (Wildman–Crippen LogP) is 0.345. The predicted molar refractivity (Wildman–Crippen MR) is 78.9 cm³/mol. The summed E-state index contributed by atoms with van der Waals surface area (Å²) >= 11 is 0. The van der Waals surface area contributed by atoms with Gasteiger partial charge in [0.1, 0.15) is 10.7 Å². The molecule has 0 unspecified atom stereocenters. The highest BCUT2D eigenvalue weighted by atomic mass is 32.2. The first-order valence-electron chi connectivity index (χ1n) is 6.98. The Kier molecular flexibility index (Phi) is 5.13. The quantitative estimate of drug-likeness (QED) is 0.816. The Hall–Kier alpha value is -1.67. The van der Waals surface area contributed by atoms with E-state index in [0.717, 1.165) is 32.4 Å². The van der Waals surface area contributed by atoms with Gasteiger partial charge in [0.25, 0.3) is 0 Å². The van der Waals surface area contributed by atoms with Crippen molar-refractivity contribution in [2.45, 2.75) is 30.6 Å². The van der Waals surface area contributed by atoms with E-state index >= 15 is 0 Å². The van der Waals surface area contributed by atoms with Crippen LogP contribution < -0.4 is 10.5 Å². The van der Waals surface area contributed by atoms with Crippen molar-refractivity contribution in [1.29, 1.82) is 0 Å². The summed E-state index contributed by atoms with van der Waals surface area (Å²) < 4.78 is 26.5. The number of piperidine rings is 1. The summed E-state index contributed by atoms with van der Waals surface area (Å²) in [5.74, 6) is -0.0658. The number of carbonyl (C=O) groups excluding carboxylic acids is 1. The fourth-order valence-corrected chi connectivity index (χ4v) is 3.41. The van der Waals surface area contributed by atoms with Crippen LogP contribution in [0.15, 0.2) is 23.2 Å². The molecule has 0 atom stereocenters. The van der Waals surface area contributed by atoms with Crippen LogP contribution in [0.5, 0.6) is 0 Å². The number of pyridine rings is 1. The number of carbonyl (C=O) groups is 1. The molecule has 2 rings (SSSR count). The molecule has 0 aliphatic carbocycles. The summed E-state index contributed by atoms with van der Waals surface area (Å²) in [4.78, 5) is 17.4. The Labute approximate surface area is 124 Å². The van der Waals surface area contributed by atoms with Gasteiger partial charge in [0.2, 0.25) is 15.9 Å². The molecule has 0 radical (unpaired) electrons. The lowest BCUT2D eigenvalue weighted by molar-refractivity contribution is -0.131. The van der Waals surface area contributed by atoms with E-state index in [1.54, 1.807) is 4.90 Å². The minimum atomic E-state index is -3.73. The second-order valence-corrected chi connectivity index (χ2v) is 6.71. The van der Waals surface area contributed by atoms with E-state index in [-0.39, 0.29) is 29.6 Å². The van der Waals surface area contributed by atoms with Gasteiger partial charge < -0.3 is 10.6 Å². The molecule has 2 heterocycles. The molecule has 1 aromatic rings. The lowest BCUT2D eigenvalue weighted by Crippen LogP contribution is -2.37. The highest BCUT2D eigenvalue weighted by molar-refractivity contribution is 7.89. The van der Waals surface area contributed by atoms with Gasteiger partial charge in [-0.1, -0.05) is 0 Å². The first-order chi connectivity index (χ1) is 10.0. The van der Waals surface area contributed by atoms with Crippen LogP contribution >= 0.6 is 0 Å². The standard InChI is InChI=1S/C13H20N4O3S/c14-13-11(5-4-7-15-13)21(19,20)16-8-6-12(18)17-9-2-1-3-10-17/h4-5,7,16H,1-3,6,8-10H2,(H2,14,15). The fourth-order valence-electron chi connectivity index (χ4n) is 2.30. The molecule has 0 spiro atoms. The molecule has 1 saturated heterocycles. The van der Waals surface area contributed by atoms with E-state index in [1.165, 1.54) is 18.3 Å². The van der Waals surface area contributed by atoms with E-state index in [9.17, 15) is 13.2 Å². The number of rotatable bonds is 5. The minimum absolute atomic E-state index is 0.0171. The maximum atomic E-state index is 12.1. The van der Waals surface area contributed by atoms with Crippen LogP contribution in [0, 0.1) is 0 Å². The molecular weight excluding hydrogens is 292 g/mol. The van der Waals surface area contributed by atoms with Gasteiger partial charge >= 0.3 is 0 Å². The number of nitrogens with one attached hydrogen (secondary N) is 1. The third-order valence-electron chi connectivity index (χ3n) is 3.43. The average molecular weight is 312 g/mol. The van der Waals surface area contributed by atoms with Crippen LogP contribution in [0.1, 0.15) is 25.7 Å². The molecule has 7 nitrogen and oxygen atoms in total. The monoisotopic (exact) mass is 312 g/mol. The molecule has 21 heavy (non-hydrogen) atoms. The van der Waals surface area contributed by atoms with E-state index in [4.69, 9.17) is 5.73 Å². The molecule has 1 amide bonds. The molecule has 0 saturated carbocycles. The van der Waals surface area contributed by atoms with Crippen molar-refractivity contribution >= 4 is 21.7 Å². The largest absolute Gasteiger partial charge is 0.383 e. The van der Waals surface area contributed by atoms with E-state index in [1.807, 2.05) is 0 Å². The molecule has 1 aliphatic heterocycles. The van der Waals surface area contributed by atoms with E-state index in [0.29, 0.717) is 0 Å². The second kappa shape index (κ2) is 6.86. The SMILES string of the molecule is Nc1ncccc1S(=O)(=O)NCCC(=O)N1CCCCC1. The second-order valence-electron chi connectivity index (χ2n) is 4.98. The number of hydrogen-bond donors (Lipinski definition) is 2. The third-order valence-corrected chi connectivity index (χ3v) is 4.94. The Morgan fingerprint density at radius 1 is 1.33 bits per heavy atom. The van der Waals surface area contributed by atoms with Crippen molar-refractivity contribution < 1.29 is 13.2 Å². The van der Waals surface area contributed by atoms with Gasteiger partial charge in [-0.2, -0.15) is 0 Å². The molecule has 0 bridgehead atoms. The maximum Gasteiger partial charge on any atom is 0.244 e. The van der Waals surface area contributed by atoms with Crippen molar-refractivity contribution in [3.8, 4) is 0 Å². The van der Waals surface area contributed by atoms with Gasteiger partial charge in [0.05, 0.1) is 0 Å². The summed E-state index contributed by atoms with van der Waals surface area (Å²) in [6.07, 6.45) is 4.76. The number of likely N-dealkylation sites (tertiary alicyclic amines) is 1. The molecule has 1 aliphatic rings. The van der Waals surface area contributed by atoms with E-state index < -0.39 is 10.0 Å². The zero-order valence-electron chi connectivity index (χ0n) is 11.8. The normalized spacial score (nSPS) is 15.9. The molecular formula is C13H20N4O3S. The first-order valence-corrected chi connectivity index (χ1v) is 8.47. The molecule has 3 N–H and O–H groups in total. The van der Waals surface area contributed by atoms with Gasteiger partial charge in [-0.15, -0.1) is 0 Å². The van der Waals surface area contributed by atoms with Gasteiger partial charge in [0.15, 0.2) is 0 Å². The van der Waals surface area contributed by atoms with Gasteiger partial charge in [-0.25, -0.2) is 18.1 Å². The molecule has 116 valence electrons. The van der Waals surface area contributed by atoms with Gasteiger partial charge in [-0.05, 0) is 31.4 Å². The molecule has 0 aromatic carbocycles. The Morgan fingerprint density at radius 3 is 2.71 bits per heavy atom. The Morgan fingerprint density at radius 2 is 2.05 bits per heavy atom. The fraction of sp³-hybridized carbons (Fsp3) is 0.538. The van der Waals surface area contributed by atoms with Crippen LogP contribution in [-0.4, -0.2) is 43.8 Å². The minimum Gasteiger partial charge on any atom is -0.383 e. The zero-order chi connectivity index (χ0) is 15.3. The number of nitrogens with zero attached hydrogens (tertiary/aromatic N) is 2. The summed E-state index contributed by atoms with van der Waals surface area (Å²) in [5.41, 5.74) is 5.55. The summed E-state index contributed by atoms with van der Waals surface area (Å²) in [6.45, 7) is 1.59. The van der Waals surface area contributed by atoms with Crippen molar-refractivity contribution in [2.24, 2.45) is 0 Å². The van der Waals surface area contributed by atoms with E-state index in [2.05, 4.69) is 9.71 Å². The number of anilines is 1. The molecule has 1 aromatic heterocycles. The van der Waals surface area contributed by atoms with Crippen molar-refractivity contribution in [1.82, 2.24) is 14.6 Å². The average Bonchev–Trinajstić information content (AvgIpc) is 2.48. The smallest absolute Gasteiger partial charge is 0.244 e. The summed E-state index contributed by atoms with van der Waals surface area (Å²) in [7, 11) is -3.73. The Bertz CT molecular complexity index is 597. The topological polar surface area (TPSA) is 105 Å². The number of nitrogen functional groups attached to an aromatic ring is 1. The number of nitrogens with two attached hydrogens (primary N) is 1. The van der Waals surface area contributed by atoms with Gasteiger partial charge in [-0.3, -0.25) is 4.79 Å². The first kappa shape index (κ1) is 15.7. The lowest BCUT2D eigenvalue weighted by atomic mass is 10.1. The van der Waals surface area contributed by atoms with Crippen molar-refractivity contribution in [2.75, 3.05) is 25.4 Å². The molecule has 8 heteroatoms. The summed E-state index contributed by atoms with van der Waals surface area (Å²) in [5, 5.41) is 0. The highest BCUT2D eigenvalue weighted by Crippen LogP contribution is 2.14. The highest BCUT2D eigenvalue weighted by Gasteiger charge is 2.20. The van der Waals surface area contributed by atoms with Crippen molar-refractivity contribution in [3.63, 3.8) is 0 Å². The zero-order valence-corrected chi connectivity index (χ0v) is 12.6. The molecule has 1 fully saturated rings. The van der Waals surface area contributed by atoms with Crippen LogP contribution in [0.3, 0.4) is 0 Å². The number of hydrogen-bond acceptors (Lipinski definition) is 5. The van der Waals surface area contributed by atoms with Crippen LogP contribution in [0.4, 0.5) is 5.82 Å². The Balaban J connectivity index is 1.88. The van der Waals surface area contributed by atoms with Crippen LogP contribution in [0.25, 0.3) is 0 Å². The van der Waals surface area contributed by atoms with Gasteiger partial charge in [0, 0.05) is 32.3 Å². The number of sulfonamides is 1. The van der Waals surface area contributed by atoms with Crippen LogP contribution in [0.2, 0.25) is 0 Å². The number of aromatic nitrogens is 1. The third kappa shape index (κ3) is 4.15.